The van der Waals surface area contributed by atoms with Crippen molar-refractivity contribution < 1.29 is 12.9 Å². The molecule has 3 rings (SSSR count). The predicted molar refractivity (Wildman–Crippen MR) is 74.5 cm³/mol. The highest BCUT2D eigenvalue weighted by Crippen LogP contribution is 2.29. The second-order valence-corrected chi connectivity index (χ2v) is 6.46. The predicted octanol–water partition coefficient (Wildman–Crippen LogP) is 2.44. The lowest BCUT2D eigenvalue weighted by Crippen LogP contribution is -2.13. The van der Waals surface area contributed by atoms with Crippen LogP contribution in [0.3, 0.4) is 0 Å². The van der Waals surface area contributed by atoms with Gasteiger partial charge in [-0.1, -0.05) is 22.8 Å². The standard InChI is InChI=1S/C10H7ClN4O3S2/c1-5-8(11)10(18-12-5)15-20(16,17)7-4-2-3-6-9(7)14-19-13-6/h2-4,15H,1H3. The Morgan fingerprint density at radius 3 is 2.85 bits per heavy atom. The highest BCUT2D eigenvalue weighted by Gasteiger charge is 2.23. The fraction of sp³-hybridized carbons (Fsp3) is 0.100. The van der Waals surface area contributed by atoms with Gasteiger partial charge in [-0.05, 0) is 19.1 Å². The molecule has 0 bridgehead atoms. The summed E-state index contributed by atoms with van der Waals surface area (Å²) in [4.78, 5) is 0.00821. The molecule has 7 nitrogen and oxygen atoms in total. The molecule has 1 N–H and O–H groups in total. The van der Waals surface area contributed by atoms with Crippen molar-refractivity contribution in [1.82, 2.24) is 13.9 Å². The van der Waals surface area contributed by atoms with Gasteiger partial charge in [0.05, 0.1) is 11.7 Å². The summed E-state index contributed by atoms with van der Waals surface area (Å²) >= 11 is 6.83. The van der Waals surface area contributed by atoms with E-state index in [0.717, 1.165) is 11.7 Å². The first-order valence-electron chi connectivity index (χ1n) is 5.35. The van der Waals surface area contributed by atoms with Crippen LogP contribution >= 0.6 is 23.3 Å². The van der Waals surface area contributed by atoms with Crippen LogP contribution in [0, 0.1) is 6.92 Å². The Labute approximate surface area is 122 Å². The second-order valence-electron chi connectivity index (χ2n) is 3.90. The first-order valence-corrected chi connectivity index (χ1v) is 7.94. The topological polar surface area (TPSA) is 98.0 Å². The summed E-state index contributed by atoms with van der Waals surface area (Å²) in [5.41, 5.74) is 1.22. The quantitative estimate of drug-likeness (QED) is 0.792. The monoisotopic (exact) mass is 330 g/mol. The molecule has 104 valence electrons. The van der Waals surface area contributed by atoms with Crippen LogP contribution in [0.2, 0.25) is 5.02 Å². The molecule has 3 aromatic rings. The van der Waals surface area contributed by atoms with Crippen LogP contribution in [0.4, 0.5) is 5.88 Å². The highest BCUT2D eigenvalue weighted by molar-refractivity contribution is 7.93. The minimum atomic E-state index is -3.88. The first kappa shape index (κ1) is 13.3. The Bertz CT molecular complexity index is 887. The largest absolute Gasteiger partial charge is 0.336 e. The summed E-state index contributed by atoms with van der Waals surface area (Å²) in [5, 5.41) is 3.71. The number of hydrogen-bond donors (Lipinski definition) is 1. The molecular weight excluding hydrogens is 324 g/mol. The normalized spacial score (nSPS) is 11.9. The smallest absolute Gasteiger partial charge is 0.266 e. The van der Waals surface area contributed by atoms with Crippen LogP contribution < -0.4 is 4.72 Å². The van der Waals surface area contributed by atoms with Crippen LogP contribution in [0.25, 0.3) is 11.0 Å². The number of rotatable bonds is 3. The van der Waals surface area contributed by atoms with Crippen molar-refractivity contribution in [3.05, 3.63) is 28.9 Å². The van der Waals surface area contributed by atoms with Gasteiger partial charge in [-0.3, -0.25) is 0 Å². The zero-order chi connectivity index (χ0) is 14.3. The number of hydrogen-bond acceptors (Lipinski definition) is 7. The number of aryl methyl sites for hydroxylation is 1. The maximum Gasteiger partial charge on any atom is 0.266 e. The Kier molecular flexibility index (Phi) is 3.11. The molecule has 0 unspecified atom stereocenters. The van der Waals surface area contributed by atoms with E-state index in [0.29, 0.717) is 16.7 Å². The molecular formula is C10H7ClN4O3S2. The van der Waals surface area contributed by atoms with Gasteiger partial charge in [0.25, 0.3) is 15.9 Å². The molecule has 1 aromatic carbocycles. The van der Waals surface area contributed by atoms with E-state index in [9.17, 15) is 8.42 Å². The summed E-state index contributed by atoms with van der Waals surface area (Å²) in [7, 11) is -3.88. The molecule has 0 atom stereocenters. The lowest BCUT2D eigenvalue weighted by Gasteiger charge is -2.05. The van der Waals surface area contributed by atoms with Gasteiger partial charge in [-0.25, -0.2) is 13.1 Å². The van der Waals surface area contributed by atoms with E-state index >= 15 is 0 Å². The van der Waals surface area contributed by atoms with E-state index in [1.54, 1.807) is 19.1 Å². The third kappa shape index (κ3) is 2.13. The third-order valence-electron chi connectivity index (χ3n) is 2.56. The molecule has 0 amide bonds. The molecule has 0 aliphatic carbocycles. The lowest BCUT2D eigenvalue weighted by molar-refractivity contribution is 0.430. The van der Waals surface area contributed by atoms with Gasteiger partial charge in [0.15, 0.2) is 0 Å². The van der Waals surface area contributed by atoms with Crippen molar-refractivity contribution in [3.63, 3.8) is 0 Å². The van der Waals surface area contributed by atoms with Gasteiger partial charge in [0.1, 0.15) is 26.6 Å². The van der Waals surface area contributed by atoms with Crippen LogP contribution in [0.15, 0.2) is 27.6 Å². The summed E-state index contributed by atoms with van der Waals surface area (Å²) < 4.78 is 39.8. The average Bonchev–Trinajstić information content (AvgIpc) is 3.00. The van der Waals surface area contributed by atoms with Gasteiger partial charge >= 0.3 is 0 Å². The molecule has 20 heavy (non-hydrogen) atoms. The summed E-state index contributed by atoms with van der Waals surface area (Å²) in [6.07, 6.45) is 0. The molecule has 0 saturated heterocycles. The Hall–Kier alpha value is -1.71. The van der Waals surface area contributed by atoms with E-state index in [4.69, 9.17) is 16.1 Å². The zero-order valence-electron chi connectivity index (χ0n) is 9.99. The van der Waals surface area contributed by atoms with Crippen LogP contribution in [0.1, 0.15) is 5.69 Å². The van der Waals surface area contributed by atoms with Crippen LogP contribution in [-0.4, -0.2) is 22.3 Å². The molecule has 2 aromatic heterocycles. The maximum absolute atomic E-state index is 12.4. The number of sulfonamides is 1. The molecule has 0 spiro atoms. The van der Waals surface area contributed by atoms with Gasteiger partial charge in [-0.2, -0.15) is 8.75 Å². The van der Waals surface area contributed by atoms with E-state index < -0.39 is 10.0 Å². The molecule has 0 aliphatic heterocycles. The lowest BCUT2D eigenvalue weighted by atomic mass is 10.3. The van der Waals surface area contributed by atoms with Crippen molar-refractivity contribution in [1.29, 1.82) is 0 Å². The number of nitrogens with one attached hydrogen (secondary N) is 1. The van der Waals surface area contributed by atoms with Crippen molar-refractivity contribution in [2.75, 3.05) is 4.72 Å². The number of halogens is 1. The molecule has 0 aliphatic rings. The van der Waals surface area contributed by atoms with Gasteiger partial charge in [0, 0.05) is 0 Å². The molecule has 0 radical (unpaired) electrons. The fourth-order valence-corrected chi connectivity index (χ4v) is 3.53. The number of anilines is 1. The average molecular weight is 331 g/mol. The number of aromatic nitrogens is 3. The Balaban J connectivity index is 2.08. The van der Waals surface area contributed by atoms with Crippen molar-refractivity contribution in [2.24, 2.45) is 0 Å². The third-order valence-corrected chi connectivity index (χ3v) is 4.91. The van der Waals surface area contributed by atoms with Gasteiger partial charge < -0.3 is 4.52 Å². The van der Waals surface area contributed by atoms with E-state index in [-0.39, 0.29) is 15.8 Å². The first-order chi connectivity index (χ1) is 9.49. The SMILES string of the molecule is Cc1noc(NS(=O)(=O)c2cccc3nsnc23)c1Cl. The summed E-state index contributed by atoms with van der Waals surface area (Å²) in [6, 6.07) is 4.71. The molecule has 2 heterocycles. The van der Waals surface area contributed by atoms with Crippen LogP contribution in [-0.2, 0) is 10.0 Å². The molecule has 0 saturated carbocycles. The van der Waals surface area contributed by atoms with E-state index in [2.05, 4.69) is 18.6 Å². The van der Waals surface area contributed by atoms with Crippen molar-refractivity contribution in [3.8, 4) is 0 Å². The second kappa shape index (κ2) is 4.69. The van der Waals surface area contributed by atoms with Crippen molar-refractivity contribution >= 4 is 50.3 Å². The maximum atomic E-state index is 12.4. The van der Waals surface area contributed by atoms with Crippen molar-refractivity contribution in [2.45, 2.75) is 11.8 Å². The summed E-state index contributed by atoms with van der Waals surface area (Å²) in [5.74, 6) is -0.121. The molecule has 0 fully saturated rings. The fourth-order valence-electron chi connectivity index (χ4n) is 1.60. The van der Waals surface area contributed by atoms with Gasteiger partial charge in [0.2, 0.25) is 0 Å². The highest BCUT2D eigenvalue weighted by atomic mass is 35.5. The van der Waals surface area contributed by atoms with E-state index in [1.807, 2.05) is 0 Å². The minimum absolute atomic E-state index is 0.00821. The van der Waals surface area contributed by atoms with Gasteiger partial charge in [-0.15, -0.1) is 0 Å². The summed E-state index contributed by atoms with van der Waals surface area (Å²) in [6.45, 7) is 1.61. The van der Waals surface area contributed by atoms with Crippen LogP contribution in [0.5, 0.6) is 0 Å². The minimum Gasteiger partial charge on any atom is -0.336 e. The number of fused-ring (bicyclic) bond motifs is 1. The zero-order valence-corrected chi connectivity index (χ0v) is 12.4. The Morgan fingerprint density at radius 2 is 2.15 bits per heavy atom. The van der Waals surface area contributed by atoms with E-state index in [1.165, 1.54) is 6.07 Å². The number of benzene rings is 1. The molecule has 10 heteroatoms. The Morgan fingerprint density at radius 1 is 1.35 bits per heavy atom. The number of nitrogens with zero attached hydrogens (tertiary/aromatic N) is 3.